The smallest absolute Gasteiger partial charge is 0.0798 e. The molecule has 0 saturated carbocycles. The van der Waals surface area contributed by atoms with Crippen LogP contribution in [-0.4, -0.2) is 35.1 Å². The van der Waals surface area contributed by atoms with Gasteiger partial charge in [-0.15, -0.1) is 11.3 Å². The van der Waals surface area contributed by atoms with E-state index in [0.29, 0.717) is 18.0 Å². The van der Waals surface area contributed by atoms with Crippen molar-refractivity contribution in [2.75, 3.05) is 13.1 Å². The van der Waals surface area contributed by atoms with Gasteiger partial charge in [0.25, 0.3) is 0 Å². The van der Waals surface area contributed by atoms with E-state index in [2.05, 4.69) is 42.9 Å². The van der Waals surface area contributed by atoms with Gasteiger partial charge in [0.1, 0.15) is 0 Å². The Morgan fingerprint density at radius 1 is 1.47 bits per heavy atom. The first-order valence-corrected chi connectivity index (χ1v) is 8.37. The van der Waals surface area contributed by atoms with Crippen molar-refractivity contribution in [3.05, 3.63) is 16.1 Å². The van der Waals surface area contributed by atoms with Crippen LogP contribution in [0.1, 0.15) is 44.2 Å². The Labute approximate surface area is 121 Å². The SMILES string of the molecule is CCCNC1CCN(Cc2scnc2C)C(C)C1C. The van der Waals surface area contributed by atoms with Crippen molar-refractivity contribution in [1.29, 1.82) is 0 Å². The maximum atomic E-state index is 4.36. The Morgan fingerprint density at radius 2 is 2.26 bits per heavy atom. The fraction of sp³-hybridized carbons (Fsp3) is 0.800. The number of thiazole rings is 1. The van der Waals surface area contributed by atoms with Crippen LogP contribution in [0.2, 0.25) is 0 Å². The molecule has 0 aliphatic carbocycles. The van der Waals surface area contributed by atoms with Crippen LogP contribution in [0.3, 0.4) is 0 Å². The highest BCUT2D eigenvalue weighted by atomic mass is 32.1. The quantitative estimate of drug-likeness (QED) is 0.899. The molecular weight excluding hydrogens is 254 g/mol. The molecule has 19 heavy (non-hydrogen) atoms. The summed E-state index contributed by atoms with van der Waals surface area (Å²) in [5.74, 6) is 0.716. The topological polar surface area (TPSA) is 28.2 Å². The minimum absolute atomic E-state index is 0.643. The van der Waals surface area contributed by atoms with Gasteiger partial charge in [0.15, 0.2) is 0 Å². The molecule has 3 unspecified atom stereocenters. The Kier molecular flexibility index (Phi) is 5.37. The lowest BCUT2D eigenvalue weighted by Gasteiger charge is -2.43. The molecule has 0 spiro atoms. The van der Waals surface area contributed by atoms with Gasteiger partial charge in [-0.3, -0.25) is 4.90 Å². The lowest BCUT2D eigenvalue weighted by molar-refractivity contribution is 0.0792. The van der Waals surface area contributed by atoms with E-state index in [9.17, 15) is 0 Å². The number of piperidine rings is 1. The van der Waals surface area contributed by atoms with Crippen LogP contribution in [0.15, 0.2) is 5.51 Å². The summed E-state index contributed by atoms with van der Waals surface area (Å²) >= 11 is 1.79. The molecule has 3 atom stereocenters. The number of aryl methyl sites for hydroxylation is 1. The summed E-state index contributed by atoms with van der Waals surface area (Å²) in [4.78, 5) is 8.41. The Bertz CT molecular complexity index is 390. The van der Waals surface area contributed by atoms with Gasteiger partial charge in [0.2, 0.25) is 0 Å². The zero-order valence-electron chi connectivity index (χ0n) is 12.6. The third-order valence-electron chi connectivity index (χ3n) is 4.55. The van der Waals surface area contributed by atoms with Gasteiger partial charge in [0.05, 0.1) is 11.2 Å². The molecule has 0 bridgehead atoms. The second kappa shape index (κ2) is 6.82. The molecular formula is C15H27N3S. The second-order valence-electron chi connectivity index (χ2n) is 5.78. The molecule has 1 aliphatic rings. The number of hydrogen-bond donors (Lipinski definition) is 1. The summed E-state index contributed by atoms with van der Waals surface area (Å²) in [6, 6.07) is 1.33. The molecule has 0 aromatic carbocycles. The molecule has 2 heterocycles. The molecule has 1 fully saturated rings. The van der Waals surface area contributed by atoms with Crippen molar-refractivity contribution in [2.24, 2.45) is 5.92 Å². The van der Waals surface area contributed by atoms with Crippen molar-refractivity contribution >= 4 is 11.3 Å². The zero-order chi connectivity index (χ0) is 13.8. The molecule has 1 aromatic rings. The van der Waals surface area contributed by atoms with Crippen LogP contribution in [0.25, 0.3) is 0 Å². The van der Waals surface area contributed by atoms with Gasteiger partial charge in [-0.05, 0) is 39.2 Å². The fourth-order valence-electron chi connectivity index (χ4n) is 2.94. The summed E-state index contributed by atoms with van der Waals surface area (Å²) in [7, 11) is 0. The summed E-state index contributed by atoms with van der Waals surface area (Å²) in [5.41, 5.74) is 3.17. The van der Waals surface area contributed by atoms with Crippen LogP contribution < -0.4 is 5.32 Å². The highest BCUT2D eigenvalue weighted by Crippen LogP contribution is 2.26. The normalized spacial score (nSPS) is 28.7. The molecule has 1 aliphatic heterocycles. The van der Waals surface area contributed by atoms with Crippen molar-refractivity contribution < 1.29 is 0 Å². The first-order valence-electron chi connectivity index (χ1n) is 7.49. The van der Waals surface area contributed by atoms with Crippen molar-refractivity contribution in [3.8, 4) is 0 Å². The van der Waals surface area contributed by atoms with Gasteiger partial charge < -0.3 is 5.32 Å². The van der Waals surface area contributed by atoms with Crippen LogP contribution in [-0.2, 0) is 6.54 Å². The van der Waals surface area contributed by atoms with Crippen LogP contribution in [0.5, 0.6) is 0 Å². The Hall–Kier alpha value is -0.450. The average Bonchev–Trinajstić information content (AvgIpc) is 2.80. The van der Waals surface area contributed by atoms with Crippen molar-refractivity contribution in [1.82, 2.24) is 15.2 Å². The van der Waals surface area contributed by atoms with Gasteiger partial charge in [-0.2, -0.15) is 0 Å². The van der Waals surface area contributed by atoms with Gasteiger partial charge >= 0.3 is 0 Å². The number of likely N-dealkylation sites (tertiary alicyclic amines) is 1. The standard InChI is InChI=1S/C15H27N3S/c1-5-7-16-14-6-8-18(13(4)11(14)2)9-15-12(3)17-10-19-15/h10-11,13-14,16H,5-9H2,1-4H3. The highest BCUT2D eigenvalue weighted by molar-refractivity contribution is 7.09. The second-order valence-corrected chi connectivity index (χ2v) is 6.72. The van der Waals surface area contributed by atoms with Gasteiger partial charge in [-0.1, -0.05) is 13.8 Å². The maximum Gasteiger partial charge on any atom is 0.0798 e. The zero-order valence-corrected chi connectivity index (χ0v) is 13.5. The molecule has 0 amide bonds. The molecule has 3 nitrogen and oxygen atoms in total. The number of aromatic nitrogens is 1. The van der Waals surface area contributed by atoms with Crippen molar-refractivity contribution in [3.63, 3.8) is 0 Å². The maximum absolute atomic E-state index is 4.36. The summed E-state index contributed by atoms with van der Waals surface area (Å²) in [5, 5.41) is 3.71. The summed E-state index contributed by atoms with van der Waals surface area (Å²) in [6.45, 7) is 12.5. The van der Waals surface area contributed by atoms with E-state index in [1.165, 1.54) is 30.0 Å². The molecule has 108 valence electrons. The Balaban J connectivity index is 1.93. The predicted molar refractivity (Wildman–Crippen MR) is 82.6 cm³/mol. The van der Waals surface area contributed by atoms with E-state index in [1.807, 2.05) is 5.51 Å². The van der Waals surface area contributed by atoms with E-state index < -0.39 is 0 Å². The number of rotatable bonds is 5. The van der Waals surface area contributed by atoms with E-state index in [-0.39, 0.29) is 0 Å². The van der Waals surface area contributed by atoms with Crippen LogP contribution >= 0.6 is 11.3 Å². The third-order valence-corrected chi connectivity index (χ3v) is 5.47. The summed E-state index contributed by atoms with van der Waals surface area (Å²) < 4.78 is 0. The average molecular weight is 281 g/mol. The third kappa shape index (κ3) is 3.56. The first-order chi connectivity index (χ1) is 9.13. The predicted octanol–water partition coefficient (Wildman–Crippen LogP) is 3.05. The number of nitrogens with zero attached hydrogens (tertiary/aromatic N) is 2. The largest absolute Gasteiger partial charge is 0.314 e. The van der Waals surface area contributed by atoms with Gasteiger partial charge in [-0.25, -0.2) is 4.98 Å². The molecule has 1 saturated heterocycles. The van der Waals surface area contributed by atoms with Crippen LogP contribution in [0, 0.1) is 12.8 Å². The fourth-order valence-corrected chi connectivity index (χ4v) is 3.75. The van der Waals surface area contributed by atoms with Crippen molar-refractivity contribution in [2.45, 2.75) is 59.2 Å². The first kappa shape index (κ1) is 14.9. The molecule has 1 aromatic heterocycles. The number of nitrogens with one attached hydrogen (secondary N) is 1. The lowest BCUT2D eigenvalue weighted by atomic mass is 9.87. The Morgan fingerprint density at radius 3 is 2.89 bits per heavy atom. The van der Waals surface area contributed by atoms with Gasteiger partial charge in [0, 0.05) is 30.1 Å². The molecule has 1 N–H and O–H groups in total. The molecule has 4 heteroatoms. The highest BCUT2D eigenvalue weighted by Gasteiger charge is 2.32. The molecule has 2 rings (SSSR count). The van der Waals surface area contributed by atoms with E-state index in [4.69, 9.17) is 0 Å². The minimum atomic E-state index is 0.643. The van der Waals surface area contributed by atoms with E-state index >= 15 is 0 Å². The molecule has 0 radical (unpaired) electrons. The monoisotopic (exact) mass is 281 g/mol. The van der Waals surface area contributed by atoms with E-state index in [0.717, 1.165) is 13.1 Å². The summed E-state index contributed by atoms with van der Waals surface area (Å²) in [6.07, 6.45) is 2.49. The lowest BCUT2D eigenvalue weighted by Crippen LogP contribution is -2.53. The number of hydrogen-bond acceptors (Lipinski definition) is 4. The minimum Gasteiger partial charge on any atom is -0.314 e. The van der Waals surface area contributed by atoms with Crippen LogP contribution in [0.4, 0.5) is 0 Å². The van der Waals surface area contributed by atoms with E-state index in [1.54, 1.807) is 11.3 Å².